The maximum atomic E-state index is 13.0. The van der Waals surface area contributed by atoms with Gasteiger partial charge in [-0.1, -0.05) is 25.0 Å². The van der Waals surface area contributed by atoms with Crippen LogP contribution in [0.3, 0.4) is 0 Å². The zero-order chi connectivity index (χ0) is 14.4. The van der Waals surface area contributed by atoms with Gasteiger partial charge in [-0.2, -0.15) is 0 Å². The van der Waals surface area contributed by atoms with Crippen LogP contribution in [0.4, 0.5) is 4.39 Å². The molecule has 0 amide bonds. The molecule has 3 nitrogen and oxygen atoms in total. The fourth-order valence-corrected chi connectivity index (χ4v) is 2.73. The summed E-state index contributed by atoms with van der Waals surface area (Å²) in [5, 5.41) is 0. The first-order chi connectivity index (χ1) is 9.70. The summed E-state index contributed by atoms with van der Waals surface area (Å²) in [5.74, 6) is -0.869. The molecule has 1 heterocycles. The highest BCUT2D eigenvalue weighted by molar-refractivity contribution is 5.78. The summed E-state index contributed by atoms with van der Waals surface area (Å²) in [5.41, 5.74) is 0.822. The van der Waals surface area contributed by atoms with E-state index in [4.69, 9.17) is 4.74 Å². The molecule has 1 aromatic carbocycles. The van der Waals surface area contributed by atoms with E-state index in [0.29, 0.717) is 6.54 Å². The van der Waals surface area contributed by atoms with Crippen LogP contribution in [0.15, 0.2) is 24.3 Å². The van der Waals surface area contributed by atoms with Crippen molar-refractivity contribution >= 4 is 5.97 Å². The molecule has 1 unspecified atom stereocenters. The van der Waals surface area contributed by atoms with E-state index in [9.17, 15) is 9.18 Å². The number of rotatable bonds is 4. The molecule has 2 rings (SSSR count). The Balaban J connectivity index is 2.10. The Bertz CT molecular complexity index is 425. The van der Waals surface area contributed by atoms with Crippen molar-refractivity contribution < 1.29 is 13.9 Å². The molecule has 0 radical (unpaired) electrons. The Labute approximate surface area is 119 Å². The van der Waals surface area contributed by atoms with Gasteiger partial charge < -0.3 is 9.64 Å². The minimum atomic E-state index is -0.335. The first kappa shape index (κ1) is 15.0. The van der Waals surface area contributed by atoms with Gasteiger partial charge in [-0.15, -0.1) is 0 Å². The molecular weight excluding hydrogens is 257 g/mol. The van der Waals surface area contributed by atoms with Gasteiger partial charge in [0.1, 0.15) is 5.82 Å². The summed E-state index contributed by atoms with van der Waals surface area (Å²) >= 11 is 0. The number of likely N-dealkylation sites (tertiary alicyclic amines) is 1. The first-order valence-electron chi connectivity index (χ1n) is 7.26. The molecule has 0 bridgehead atoms. The molecular formula is C16H22FNO2. The van der Waals surface area contributed by atoms with Crippen molar-refractivity contribution in [2.75, 3.05) is 26.7 Å². The van der Waals surface area contributed by atoms with Crippen LogP contribution in [0, 0.1) is 5.82 Å². The second-order valence-corrected chi connectivity index (χ2v) is 5.34. The van der Waals surface area contributed by atoms with Crippen LogP contribution in [-0.4, -0.2) is 37.6 Å². The lowest BCUT2D eigenvalue weighted by Gasteiger charge is -2.25. The Kier molecular flexibility index (Phi) is 5.53. The van der Waals surface area contributed by atoms with Crippen molar-refractivity contribution in [2.24, 2.45) is 0 Å². The van der Waals surface area contributed by atoms with E-state index >= 15 is 0 Å². The molecule has 4 heteroatoms. The van der Waals surface area contributed by atoms with Crippen molar-refractivity contribution in [1.82, 2.24) is 4.90 Å². The zero-order valence-electron chi connectivity index (χ0n) is 12.0. The Morgan fingerprint density at radius 1 is 1.20 bits per heavy atom. The average Bonchev–Trinajstić information content (AvgIpc) is 2.74. The van der Waals surface area contributed by atoms with Crippen molar-refractivity contribution in [3.8, 4) is 0 Å². The smallest absolute Gasteiger partial charge is 0.314 e. The number of benzene rings is 1. The topological polar surface area (TPSA) is 29.5 Å². The lowest BCUT2D eigenvalue weighted by molar-refractivity contribution is -0.143. The van der Waals surface area contributed by atoms with Gasteiger partial charge in [-0.25, -0.2) is 4.39 Å². The van der Waals surface area contributed by atoms with E-state index in [1.165, 1.54) is 44.9 Å². The number of ether oxygens (including phenoxy) is 1. The molecule has 0 aliphatic carbocycles. The minimum absolute atomic E-state index is 0.249. The maximum Gasteiger partial charge on any atom is 0.314 e. The molecule has 0 aromatic heterocycles. The SMILES string of the molecule is COC(=O)C(CN1CCCCCC1)c1ccc(F)cc1. The van der Waals surface area contributed by atoms with Crippen LogP contribution in [0.2, 0.25) is 0 Å². The van der Waals surface area contributed by atoms with Gasteiger partial charge in [0.25, 0.3) is 0 Å². The maximum absolute atomic E-state index is 13.0. The normalized spacial score (nSPS) is 18.3. The summed E-state index contributed by atoms with van der Waals surface area (Å²) in [6.07, 6.45) is 4.88. The second kappa shape index (κ2) is 7.39. The molecule has 0 saturated carbocycles. The quantitative estimate of drug-likeness (QED) is 0.794. The highest BCUT2D eigenvalue weighted by Crippen LogP contribution is 2.21. The summed E-state index contributed by atoms with van der Waals surface area (Å²) in [6, 6.07) is 6.14. The van der Waals surface area contributed by atoms with Gasteiger partial charge in [0.05, 0.1) is 13.0 Å². The van der Waals surface area contributed by atoms with Crippen molar-refractivity contribution in [3.05, 3.63) is 35.6 Å². The molecule has 1 fully saturated rings. The van der Waals surface area contributed by atoms with Crippen LogP contribution in [0.1, 0.15) is 37.2 Å². The predicted octanol–water partition coefficient (Wildman–Crippen LogP) is 2.96. The van der Waals surface area contributed by atoms with Gasteiger partial charge in [0.2, 0.25) is 0 Å². The molecule has 20 heavy (non-hydrogen) atoms. The number of carbonyl (C=O) groups is 1. The summed E-state index contributed by atoms with van der Waals surface area (Å²) < 4.78 is 17.9. The van der Waals surface area contributed by atoms with E-state index in [2.05, 4.69) is 4.90 Å². The Morgan fingerprint density at radius 2 is 1.80 bits per heavy atom. The Hall–Kier alpha value is -1.42. The van der Waals surface area contributed by atoms with Gasteiger partial charge >= 0.3 is 5.97 Å². The highest BCUT2D eigenvalue weighted by Gasteiger charge is 2.24. The van der Waals surface area contributed by atoms with Crippen LogP contribution in [-0.2, 0) is 9.53 Å². The number of nitrogens with zero attached hydrogens (tertiary/aromatic N) is 1. The van der Waals surface area contributed by atoms with Crippen LogP contribution in [0.25, 0.3) is 0 Å². The lowest BCUT2D eigenvalue weighted by atomic mass is 9.98. The van der Waals surface area contributed by atoms with E-state index in [-0.39, 0.29) is 17.7 Å². The third-order valence-corrected chi connectivity index (χ3v) is 3.90. The fraction of sp³-hybridized carbons (Fsp3) is 0.562. The molecule has 110 valence electrons. The molecule has 0 N–H and O–H groups in total. The molecule has 1 aliphatic heterocycles. The van der Waals surface area contributed by atoms with E-state index in [1.807, 2.05) is 0 Å². The molecule has 0 spiro atoms. The lowest BCUT2D eigenvalue weighted by Crippen LogP contribution is -2.33. The predicted molar refractivity (Wildman–Crippen MR) is 76.1 cm³/mol. The molecule has 1 aromatic rings. The number of esters is 1. The number of hydrogen-bond donors (Lipinski definition) is 0. The third-order valence-electron chi connectivity index (χ3n) is 3.90. The zero-order valence-corrected chi connectivity index (χ0v) is 12.0. The summed E-state index contributed by atoms with van der Waals surface area (Å²) in [6.45, 7) is 2.70. The number of halogens is 1. The van der Waals surface area contributed by atoms with Gasteiger partial charge in [0, 0.05) is 6.54 Å². The highest BCUT2D eigenvalue weighted by atomic mass is 19.1. The fourth-order valence-electron chi connectivity index (χ4n) is 2.73. The van der Waals surface area contributed by atoms with Crippen molar-refractivity contribution in [3.63, 3.8) is 0 Å². The molecule has 1 saturated heterocycles. The molecule has 1 atom stereocenters. The average molecular weight is 279 g/mol. The number of hydrogen-bond acceptors (Lipinski definition) is 3. The summed E-state index contributed by atoms with van der Waals surface area (Å²) in [4.78, 5) is 14.3. The van der Waals surface area contributed by atoms with E-state index in [0.717, 1.165) is 18.7 Å². The van der Waals surface area contributed by atoms with Crippen LogP contribution in [0.5, 0.6) is 0 Å². The summed E-state index contributed by atoms with van der Waals surface area (Å²) in [7, 11) is 1.40. The number of methoxy groups -OCH3 is 1. The van der Waals surface area contributed by atoms with Gasteiger partial charge in [-0.05, 0) is 43.6 Å². The number of carbonyl (C=O) groups excluding carboxylic acids is 1. The van der Waals surface area contributed by atoms with Gasteiger partial charge in [-0.3, -0.25) is 4.79 Å². The second-order valence-electron chi connectivity index (χ2n) is 5.34. The largest absolute Gasteiger partial charge is 0.469 e. The van der Waals surface area contributed by atoms with E-state index in [1.54, 1.807) is 12.1 Å². The standard InChI is InChI=1S/C16H22FNO2/c1-20-16(19)15(13-6-8-14(17)9-7-13)12-18-10-4-2-3-5-11-18/h6-9,15H,2-5,10-12H2,1H3. The van der Waals surface area contributed by atoms with E-state index < -0.39 is 0 Å². The molecule has 1 aliphatic rings. The van der Waals surface area contributed by atoms with Crippen molar-refractivity contribution in [1.29, 1.82) is 0 Å². The minimum Gasteiger partial charge on any atom is -0.469 e. The first-order valence-corrected chi connectivity index (χ1v) is 7.26. The van der Waals surface area contributed by atoms with Crippen molar-refractivity contribution in [2.45, 2.75) is 31.6 Å². The monoisotopic (exact) mass is 279 g/mol. The Morgan fingerprint density at radius 3 is 2.35 bits per heavy atom. The van der Waals surface area contributed by atoms with Gasteiger partial charge in [0.15, 0.2) is 0 Å². The van der Waals surface area contributed by atoms with Crippen LogP contribution < -0.4 is 0 Å². The van der Waals surface area contributed by atoms with Crippen LogP contribution >= 0.6 is 0 Å². The third kappa shape index (κ3) is 4.04.